The Labute approximate surface area is 84.7 Å². The maximum Gasteiger partial charge on any atom is 0.0924 e. The van der Waals surface area contributed by atoms with E-state index in [4.69, 9.17) is 23.2 Å². The van der Waals surface area contributed by atoms with Crippen molar-refractivity contribution in [3.8, 4) is 11.3 Å². The summed E-state index contributed by atoms with van der Waals surface area (Å²) in [4.78, 5) is 10.7. The van der Waals surface area contributed by atoms with Crippen molar-refractivity contribution in [2.75, 3.05) is 0 Å². The second kappa shape index (κ2) is 3.36. The van der Waals surface area contributed by atoms with Crippen molar-refractivity contribution in [2.24, 2.45) is 0 Å². The van der Waals surface area contributed by atoms with Gasteiger partial charge in [-0.2, -0.15) is 0 Å². The maximum absolute atomic E-state index is 5.93. The molecule has 0 fully saturated rings. The maximum atomic E-state index is 5.93. The highest BCUT2D eigenvalue weighted by molar-refractivity contribution is 6.38. The lowest BCUT2D eigenvalue weighted by atomic mass is 10.2. The van der Waals surface area contributed by atoms with E-state index >= 15 is 0 Å². The van der Waals surface area contributed by atoms with Gasteiger partial charge >= 0.3 is 0 Å². The molecule has 3 nitrogen and oxygen atoms in total. The summed E-state index contributed by atoms with van der Waals surface area (Å²) in [7, 11) is 0. The van der Waals surface area contributed by atoms with Crippen LogP contribution in [0.3, 0.4) is 0 Å². The van der Waals surface area contributed by atoms with E-state index in [9.17, 15) is 0 Å². The van der Waals surface area contributed by atoms with Crippen molar-refractivity contribution in [3.05, 3.63) is 35.0 Å². The van der Waals surface area contributed by atoms with Gasteiger partial charge in [0.15, 0.2) is 0 Å². The molecule has 0 bridgehead atoms. The van der Waals surface area contributed by atoms with Gasteiger partial charge in [-0.1, -0.05) is 23.2 Å². The average molecular weight is 214 g/mol. The van der Waals surface area contributed by atoms with Crippen LogP contribution in [0.15, 0.2) is 24.9 Å². The molecule has 0 atom stereocenters. The van der Waals surface area contributed by atoms with Crippen molar-refractivity contribution in [2.45, 2.75) is 0 Å². The molecule has 0 spiro atoms. The number of rotatable bonds is 1. The quantitative estimate of drug-likeness (QED) is 0.792. The van der Waals surface area contributed by atoms with Gasteiger partial charge in [0.1, 0.15) is 0 Å². The van der Waals surface area contributed by atoms with E-state index in [1.165, 1.54) is 0 Å². The van der Waals surface area contributed by atoms with Crippen molar-refractivity contribution >= 4 is 23.2 Å². The van der Waals surface area contributed by atoms with Gasteiger partial charge in [0.05, 0.1) is 28.3 Å². The van der Waals surface area contributed by atoms with Gasteiger partial charge in [-0.15, -0.1) is 0 Å². The fraction of sp³-hybridized carbons (Fsp3) is 0. The molecule has 0 amide bonds. The van der Waals surface area contributed by atoms with Gasteiger partial charge in [-0.3, -0.25) is 4.98 Å². The first-order chi connectivity index (χ1) is 6.29. The smallest absolute Gasteiger partial charge is 0.0924 e. The summed E-state index contributed by atoms with van der Waals surface area (Å²) in [5, 5.41) is 1.02. The summed E-state index contributed by atoms with van der Waals surface area (Å²) in [5.41, 5.74) is 1.52. The third-order valence-corrected chi connectivity index (χ3v) is 2.19. The molecule has 2 rings (SSSR count). The molecule has 0 saturated heterocycles. The molecule has 1 N–H and O–H groups in total. The number of hydrogen-bond donors (Lipinski definition) is 1. The number of aromatic amines is 1. The number of nitrogens with zero attached hydrogens (tertiary/aromatic N) is 2. The van der Waals surface area contributed by atoms with Crippen molar-refractivity contribution in [1.29, 1.82) is 0 Å². The van der Waals surface area contributed by atoms with Crippen LogP contribution in [0.1, 0.15) is 0 Å². The summed E-state index contributed by atoms with van der Waals surface area (Å²) < 4.78 is 0. The fourth-order valence-corrected chi connectivity index (χ4v) is 1.63. The number of hydrogen-bond acceptors (Lipinski definition) is 2. The predicted molar refractivity (Wildman–Crippen MR) is 51.8 cm³/mol. The Balaban J connectivity index is 2.64. The Morgan fingerprint density at radius 3 is 2.23 bits per heavy atom. The first kappa shape index (κ1) is 8.53. The van der Waals surface area contributed by atoms with Gasteiger partial charge in [0.2, 0.25) is 0 Å². The molecule has 0 saturated carbocycles. The molecular formula is C8H5Cl2N3. The summed E-state index contributed by atoms with van der Waals surface area (Å²) in [6.45, 7) is 0. The van der Waals surface area contributed by atoms with Gasteiger partial charge in [0, 0.05) is 18.0 Å². The van der Waals surface area contributed by atoms with E-state index in [-0.39, 0.29) is 0 Å². The highest BCUT2D eigenvalue weighted by atomic mass is 35.5. The van der Waals surface area contributed by atoms with Crippen molar-refractivity contribution < 1.29 is 0 Å². The highest BCUT2D eigenvalue weighted by Gasteiger charge is 2.09. The number of H-pyrrole nitrogens is 1. The van der Waals surface area contributed by atoms with Gasteiger partial charge in [-0.25, -0.2) is 4.98 Å². The first-order valence-electron chi connectivity index (χ1n) is 3.57. The minimum absolute atomic E-state index is 0.511. The third-order valence-electron chi connectivity index (χ3n) is 1.62. The Hall–Kier alpha value is -1.06. The minimum Gasteiger partial charge on any atom is -0.345 e. The Morgan fingerprint density at radius 2 is 1.69 bits per heavy atom. The van der Waals surface area contributed by atoms with Crippen LogP contribution in [0.4, 0.5) is 0 Å². The molecule has 0 aliphatic rings. The first-order valence-corrected chi connectivity index (χ1v) is 4.32. The van der Waals surface area contributed by atoms with Gasteiger partial charge in [-0.05, 0) is 0 Å². The normalized spacial score (nSPS) is 10.3. The Kier molecular flexibility index (Phi) is 2.20. The zero-order chi connectivity index (χ0) is 9.26. The van der Waals surface area contributed by atoms with E-state index in [0.717, 1.165) is 11.3 Å². The fourth-order valence-electron chi connectivity index (χ4n) is 1.06. The topological polar surface area (TPSA) is 41.6 Å². The summed E-state index contributed by atoms with van der Waals surface area (Å²) in [6, 6.07) is 0. The largest absolute Gasteiger partial charge is 0.345 e. The molecule has 0 radical (unpaired) electrons. The molecule has 66 valence electrons. The Bertz CT molecular complexity index is 391. The van der Waals surface area contributed by atoms with E-state index < -0.39 is 0 Å². The molecular weight excluding hydrogens is 209 g/mol. The molecule has 13 heavy (non-hydrogen) atoms. The molecule has 0 aliphatic carbocycles. The summed E-state index contributed by atoms with van der Waals surface area (Å²) in [6.07, 6.45) is 6.32. The Morgan fingerprint density at radius 1 is 1.00 bits per heavy atom. The lowest BCUT2D eigenvalue weighted by Gasteiger charge is -2.02. The number of halogens is 2. The number of nitrogens with one attached hydrogen (secondary N) is 1. The predicted octanol–water partition coefficient (Wildman–Crippen LogP) is 2.78. The van der Waals surface area contributed by atoms with Gasteiger partial charge < -0.3 is 4.98 Å². The van der Waals surface area contributed by atoms with Crippen molar-refractivity contribution in [1.82, 2.24) is 15.0 Å². The minimum atomic E-state index is 0.511. The van der Waals surface area contributed by atoms with Crippen LogP contribution >= 0.6 is 23.2 Å². The monoisotopic (exact) mass is 213 g/mol. The van der Waals surface area contributed by atoms with Gasteiger partial charge in [0.25, 0.3) is 0 Å². The third kappa shape index (κ3) is 1.53. The average Bonchev–Trinajstić information content (AvgIpc) is 2.57. The van der Waals surface area contributed by atoms with Crippen LogP contribution in [0.5, 0.6) is 0 Å². The number of imidazole rings is 1. The standard InChI is InChI=1S/C8H5Cl2N3/c9-5-1-11-2-6(10)8(5)7-3-12-4-13-7/h1-4H,(H,12,13). The van der Waals surface area contributed by atoms with Crippen LogP contribution in [-0.4, -0.2) is 15.0 Å². The zero-order valence-corrected chi connectivity index (χ0v) is 7.97. The van der Waals surface area contributed by atoms with Crippen LogP contribution in [-0.2, 0) is 0 Å². The molecule has 2 aromatic rings. The van der Waals surface area contributed by atoms with E-state index in [0.29, 0.717) is 10.0 Å². The summed E-state index contributed by atoms with van der Waals surface area (Å²) in [5.74, 6) is 0. The zero-order valence-electron chi connectivity index (χ0n) is 6.46. The van der Waals surface area contributed by atoms with Crippen LogP contribution in [0, 0.1) is 0 Å². The highest BCUT2D eigenvalue weighted by Crippen LogP contribution is 2.31. The molecule has 2 aromatic heterocycles. The molecule has 5 heteroatoms. The van der Waals surface area contributed by atoms with Crippen molar-refractivity contribution in [3.63, 3.8) is 0 Å². The molecule has 0 unspecified atom stereocenters. The molecule has 2 heterocycles. The SMILES string of the molecule is Clc1cncc(Cl)c1-c1cnc[nH]1. The van der Waals surface area contributed by atoms with E-state index in [2.05, 4.69) is 15.0 Å². The van der Waals surface area contributed by atoms with Crippen LogP contribution in [0.25, 0.3) is 11.3 Å². The van der Waals surface area contributed by atoms with Crippen LogP contribution in [0.2, 0.25) is 10.0 Å². The summed E-state index contributed by atoms with van der Waals surface area (Å²) >= 11 is 11.9. The lowest BCUT2D eigenvalue weighted by molar-refractivity contribution is 1.30. The van der Waals surface area contributed by atoms with E-state index in [1.807, 2.05) is 0 Å². The van der Waals surface area contributed by atoms with E-state index in [1.54, 1.807) is 24.9 Å². The van der Waals surface area contributed by atoms with Crippen LogP contribution < -0.4 is 0 Å². The molecule has 0 aromatic carbocycles. The number of pyridine rings is 1. The molecule has 0 aliphatic heterocycles. The number of aromatic nitrogens is 3. The second-order valence-corrected chi connectivity index (χ2v) is 3.26. The lowest BCUT2D eigenvalue weighted by Crippen LogP contribution is -1.83. The second-order valence-electron chi connectivity index (χ2n) is 2.44.